The number of aliphatic hydroxyl groups is 1. The number of aliphatic hydroxyl groups excluding tert-OH is 1. The van der Waals surface area contributed by atoms with Gasteiger partial charge in [-0.1, -0.05) is 0 Å². The number of hydrogen-bond acceptors (Lipinski definition) is 5. The SMILES string of the molecule is Nc1ccc2[nH]nc(C(=O)NCC(O)c3ccsc3)c2c1. The van der Waals surface area contributed by atoms with Crippen LogP contribution in [-0.2, 0) is 0 Å². The number of nitrogen functional groups attached to an aromatic ring is 1. The van der Waals surface area contributed by atoms with E-state index in [1.807, 2.05) is 16.8 Å². The van der Waals surface area contributed by atoms with Crippen molar-refractivity contribution in [1.29, 1.82) is 0 Å². The molecule has 0 saturated carbocycles. The van der Waals surface area contributed by atoms with Gasteiger partial charge in [-0.05, 0) is 40.6 Å². The Morgan fingerprint density at radius 3 is 3.10 bits per heavy atom. The van der Waals surface area contributed by atoms with E-state index in [0.717, 1.165) is 11.1 Å². The second-order valence-corrected chi connectivity index (χ2v) is 5.44. The second kappa shape index (κ2) is 5.55. The summed E-state index contributed by atoms with van der Waals surface area (Å²) in [6.07, 6.45) is -0.726. The number of aromatic nitrogens is 2. The Kier molecular flexibility index (Phi) is 3.59. The Balaban J connectivity index is 1.74. The van der Waals surface area contributed by atoms with Crippen LogP contribution < -0.4 is 11.1 Å². The molecule has 2 aromatic heterocycles. The van der Waals surface area contributed by atoms with Gasteiger partial charge >= 0.3 is 0 Å². The number of carbonyl (C=O) groups is 1. The van der Waals surface area contributed by atoms with Crippen LogP contribution in [0.5, 0.6) is 0 Å². The number of aromatic amines is 1. The number of fused-ring (bicyclic) bond motifs is 1. The first-order chi connectivity index (χ1) is 10.1. The van der Waals surface area contributed by atoms with Crippen LogP contribution in [-0.4, -0.2) is 27.8 Å². The molecule has 1 amide bonds. The Hall–Kier alpha value is -2.38. The van der Waals surface area contributed by atoms with Gasteiger partial charge in [0.2, 0.25) is 0 Å². The van der Waals surface area contributed by atoms with E-state index in [0.29, 0.717) is 11.1 Å². The maximum Gasteiger partial charge on any atom is 0.272 e. The van der Waals surface area contributed by atoms with Crippen LogP contribution in [0.15, 0.2) is 35.0 Å². The lowest BCUT2D eigenvalue weighted by atomic mass is 10.1. The molecule has 2 heterocycles. The molecule has 3 rings (SSSR count). The minimum Gasteiger partial charge on any atom is -0.399 e. The molecule has 1 aromatic carbocycles. The van der Waals surface area contributed by atoms with Gasteiger partial charge in [-0.2, -0.15) is 16.4 Å². The predicted molar refractivity (Wildman–Crippen MR) is 82.1 cm³/mol. The summed E-state index contributed by atoms with van der Waals surface area (Å²) in [6.45, 7) is 0.131. The average Bonchev–Trinajstić information content (AvgIpc) is 3.13. The first-order valence-corrected chi connectivity index (χ1v) is 7.31. The van der Waals surface area contributed by atoms with Crippen molar-refractivity contribution in [2.24, 2.45) is 0 Å². The van der Waals surface area contributed by atoms with Crippen molar-refractivity contribution < 1.29 is 9.90 Å². The zero-order chi connectivity index (χ0) is 14.8. The number of nitrogens with one attached hydrogen (secondary N) is 2. The number of thiophene rings is 1. The number of hydrogen-bond donors (Lipinski definition) is 4. The standard InChI is InChI=1S/C14H14N4O2S/c15-9-1-2-11-10(5-9)13(18-17-11)14(20)16-6-12(19)8-3-4-21-7-8/h1-5,7,12,19H,6,15H2,(H,16,20)(H,17,18). The lowest BCUT2D eigenvalue weighted by Crippen LogP contribution is -2.28. The van der Waals surface area contributed by atoms with E-state index in [4.69, 9.17) is 5.73 Å². The number of H-pyrrole nitrogens is 1. The second-order valence-electron chi connectivity index (χ2n) is 4.66. The van der Waals surface area contributed by atoms with Crippen molar-refractivity contribution in [1.82, 2.24) is 15.5 Å². The summed E-state index contributed by atoms with van der Waals surface area (Å²) < 4.78 is 0. The lowest BCUT2D eigenvalue weighted by Gasteiger charge is -2.09. The van der Waals surface area contributed by atoms with Crippen molar-refractivity contribution in [3.63, 3.8) is 0 Å². The zero-order valence-electron chi connectivity index (χ0n) is 11.0. The van der Waals surface area contributed by atoms with Crippen molar-refractivity contribution in [2.45, 2.75) is 6.10 Å². The van der Waals surface area contributed by atoms with Gasteiger partial charge in [0, 0.05) is 17.6 Å². The Morgan fingerprint density at radius 1 is 1.48 bits per heavy atom. The highest BCUT2D eigenvalue weighted by Crippen LogP contribution is 2.19. The third kappa shape index (κ3) is 2.74. The van der Waals surface area contributed by atoms with Crippen molar-refractivity contribution in [2.75, 3.05) is 12.3 Å². The quantitative estimate of drug-likeness (QED) is 0.550. The van der Waals surface area contributed by atoms with E-state index in [9.17, 15) is 9.90 Å². The molecule has 0 radical (unpaired) electrons. The van der Waals surface area contributed by atoms with E-state index in [2.05, 4.69) is 15.5 Å². The first-order valence-electron chi connectivity index (χ1n) is 6.37. The van der Waals surface area contributed by atoms with Gasteiger partial charge < -0.3 is 16.2 Å². The molecule has 0 fully saturated rings. The van der Waals surface area contributed by atoms with Crippen molar-refractivity contribution in [3.8, 4) is 0 Å². The zero-order valence-corrected chi connectivity index (χ0v) is 11.9. The lowest BCUT2D eigenvalue weighted by molar-refractivity contribution is 0.0913. The van der Waals surface area contributed by atoms with Gasteiger partial charge in [-0.25, -0.2) is 0 Å². The predicted octanol–water partition coefficient (Wildman–Crippen LogP) is 1.67. The third-order valence-electron chi connectivity index (χ3n) is 3.19. The first kappa shape index (κ1) is 13.6. The molecular weight excluding hydrogens is 288 g/mol. The van der Waals surface area contributed by atoms with Gasteiger partial charge in [0.15, 0.2) is 5.69 Å². The highest BCUT2D eigenvalue weighted by molar-refractivity contribution is 7.07. The van der Waals surface area contributed by atoms with Crippen LogP contribution in [0.3, 0.4) is 0 Å². The minimum absolute atomic E-state index is 0.131. The summed E-state index contributed by atoms with van der Waals surface area (Å²) in [5, 5.41) is 23.8. The number of rotatable bonds is 4. The van der Waals surface area contributed by atoms with Crippen LogP contribution in [0.2, 0.25) is 0 Å². The molecule has 0 aliphatic heterocycles. The molecule has 0 aliphatic rings. The fourth-order valence-corrected chi connectivity index (χ4v) is 2.77. The topological polar surface area (TPSA) is 104 Å². The maximum absolute atomic E-state index is 12.2. The highest BCUT2D eigenvalue weighted by Gasteiger charge is 2.16. The van der Waals surface area contributed by atoms with Crippen LogP contribution in [0.4, 0.5) is 5.69 Å². The molecule has 7 heteroatoms. The molecule has 108 valence electrons. The van der Waals surface area contributed by atoms with Gasteiger partial charge in [-0.15, -0.1) is 0 Å². The van der Waals surface area contributed by atoms with Gasteiger partial charge in [0.05, 0.1) is 11.6 Å². The highest BCUT2D eigenvalue weighted by atomic mass is 32.1. The van der Waals surface area contributed by atoms with Gasteiger partial charge in [0.25, 0.3) is 5.91 Å². The summed E-state index contributed by atoms with van der Waals surface area (Å²) in [5.41, 5.74) is 8.10. The smallest absolute Gasteiger partial charge is 0.272 e. The number of benzene rings is 1. The summed E-state index contributed by atoms with van der Waals surface area (Å²) in [7, 11) is 0. The normalized spacial score (nSPS) is 12.4. The molecule has 5 N–H and O–H groups in total. The van der Waals surface area contributed by atoms with Gasteiger partial charge in [-0.3, -0.25) is 9.89 Å². The van der Waals surface area contributed by atoms with Crippen molar-refractivity contribution in [3.05, 3.63) is 46.3 Å². The molecule has 0 spiro atoms. The summed E-state index contributed by atoms with van der Waals surface area (Å²) in [5.74, 6) is -0.346. The molecule has 1 unspecified atom stereocenters. The monoisotopic (exact) mass is 302 g/mol. The van der Waals surface area contributed by atoms with E-state index in [1.165, 1.54) is 11.3 Å². The molecular formula is C14H14N4O2S. The molecule has 21 heavy (non-hydrogen) atoms. The third-order valence-corrected chi connectivity index (χ3v) is 3.89. The fourth-order valence-electron chi connectivity index (χ4n) is 2.06. The number of carbonyl (C=O) groups excluding carboxylic acids is 1. The summed E-state index contributed by atoms with van der Waals surface area (Å²) >= 11 is 1.50. The van der Waals surface area contributed by atoms with Crippen LogP contribution >= 0.6 is 11.3 Å². The number of anilines is 1. The van der Waals surface area contributed by atoms with Crippen LogP contribution in [0.1, 0.15) is 22.2 Å². The van der Waals surface area contributed by atoms with Gasteiger partial charge in [0.1, 0.15) is 0 Å². The average molecular weight is 302 g/mol. The molecule has 0 aliphatic carbocycles. The fraction of sp³-hybridized carbons (Fsp3) is 0.143. The molecule has 0 saturated heterocycles. The summed E-state index contributed by atoms with van der Waals surface area (Å²) in [6, 6.07) is 7.03. The minimum atomic E-state index is -0.726. The van der Waals surface area contributed by atoms with E-state index in [-0.39, 0.29) is 18.1 Å². The molecule has 3 aromatic rings. The largest absolute Gasteiger partial charge is 0.399 e. The Labute approximate surface area is 124 Å². The molecule has 1 atom stereocenters. The van der Waals surface area contributed by atoms with Crippen molar-refractivity contribution >= 4 is 33.8 Å². The molecule has 6 nitrogen and oxygen atoms in total. The number of nitrogens with zero attached hydrogens (tertiary/aromatic N) is 1. The Bertz CT molecular complexity index is 766. The number of nitrogens with two attached hydrogens (primary N) is 1. The summed E-state index contributed by atoms with van der Waals surface area (Å²) in [4.78, 5) is 12.2. The van der Waals surface area contributed by atoms with E-state index < -0.39 is 6.10 Å². The van der Waals surface area contributed by atoms with E-state index in [1.54, 1.807) is 18.2 Å². The van der Waals surface area contributed by atoms with E-state index >= 15 is 0 Å². The molecule has 0 bridgehead atoms. The van der Waals surface area contributed by atoms with Crippen LogP contribution in [0.25, 0.3) is 10.9 Å². The maximum atomic E-state index is 12.2. The number of amides is 1. The Morgan fingerprint density at radius 2 is 2.33 bits per heavy atom. The van der Waals surface area contributed by atoms with Crippen LogP contribution in [0, 0.1) is 0 Å².